The Hall–Kier alpha value is -3.10. The zero-order valence-electron chi connectivity index (χ0n) is 12.1. The molecule has 0 saturated heterocycles. The molecular weight excluding hydrogens is 288 g/mol. The molecule has 1 aromatic heterocycles. The highest BCUT2D eigenvalue weighted by Crippen LogP contribution is 2.03. The van der Waals surface area contributed by atoms with Crippen molar-refractivity contribution in [1.82, 2.24) is 20.2 Å². The topological polar surface area (TPSA) is 115 Å². The average molecular weight is 302 g/mol. The zero-order chi connectivity index (χ0) is 16.1. The Morgan fingerprint density at radius 3 is 2.91 bits per heavy atom. The van der Waals surface area contributed by atoms with Gasteiger partial charge in [-0.3, -0.25) is 4.79 Å². The van der Waals surface area contributed by atoms with Gasteiger partial charge in [0.25, 0.3) is 5.91 Å². The molecule has 1 heterocycles. The third kappa shape index (κ3) is 3.95. The molecule has 0 radical (unpaired) electrons. The van der Waals surface area contributed by atoms with Crippen molar-refractivity contribution in [2.75, 3.05) is 0 Å². The van der Waals surface area contributed by atoms with Gasteiger partial charge in [-0.05, 0) is 30.9 Å². The van der Waals surface area contributed by atoms with E-state index in [1.54, 1.807) is 25.1 Å². The minimum Gasteiger partial charge on any atom is -0.390 e. The number of carbonyl (C=O) groups is 1. The second-order valence-corrected chi connectivity index (χ2v) is 4.66. The van der Waals surface area contributed by atoms with E-state index in [1.807, 2.05) is 13.0 Å². The normalized spacial score (nSPS) is 11.3. The Morgan fingerprint density at radius 1 is 1.50 bits per heavy atom. The molecule has 0 unspecified atom stereocenters. The Kier molecular flexibility index (Phi) is 4.57. The summed E-state index contributed by atoms with van der Waals surface area (Å²) in [5.41, 5.74) is 4.44. The fourth-order valence-electron chi connectivity index (χ4n) is 1.71. The van der Waals surface area contributed by atoms with E-state index in [-0.39, 0.29) is 12.5 Å². The van der Waals surface area contributed by atoms with Gasteiger partial charge < -0.3 is 10.1 Å². The van der Waals surface area contributed by atoms with Crippen molar-refractivity contribution in [1.29, 1.82) is 0 Å². The quantitative estimate of drug-likeness (QED) is 0.507. The monoisotopic (exact) mass is 302 g/mol. The number of nitro groups is 1. The number of carbonyl (C=O) groups excluding carboxylic acids is 1. The van der Waals surface area contributed by atoms with E-state index in [0.29, 0.717) is 11.3 Å². The van der Waals surface area contributed by atoms with Crippen LogP contribution in [0.2, 0.25) is 0 Å². The van der Waals surface area contributed by atoms with Crippen LogP contribution in [-0.2, 0) is 6.54 Å². The maximum Gasteiger partial charge on any atom is 0.490 e. The Bertz CT molecular complexity index is 737. The molecule has 0 aliphatic carbocycles. The molecule has 9 heteroatoms. The lowest BCUT2D eigenvalue weighted by Gasteiger charge is -2.02. The first kappa shape index (κ1) is 15.3. The lowest BCUT2D eigenvalue weighted by Crippen LogP contribution is -2.20. The van der Waals surface area contributed by atoms with Gasteiger partial charge >= 0.3 is 5.95 Å². The molecule has 0 aliphatic rings. The molecule has 114 valence electrons. The van der Waals surface area contributed by atoms with Crippen molar-refractivity contribution >= 4 is 17.6 Å². The summed E-state index contributed by atoms with van der Waals surface area (Å²) in [6.45, 7) is 3.75. The number of aryl methyl sites for hydroxylation is 1. The molecule has 0 spiro atoms. The highest BCUT2D eigenvalue weighted by atomic mass is 16.6. The number of benzene rings is 1. The van der Waals surface area contributed by atoms with E-state index >= 15 is 0 Å². The van der Waals surface area contributed by atoms with Gasteiger partial charge in [-0.2, -0.15) is 9.78 Å². The summed E-state index contributed by atoms with van der Waals surface area (Å²) < 4.78 is 1.27. The summed E-state index contributed by atoms with van der Waals surface area (Å²) in [4.78, 5) is 25.2. The Labute approximate surface area is 125 Å². The van der Waals surface area contributed by atoms with Crippen LogP contribution in [-0.4, -0.2) is 31.3 Å². The minimum atomic E-state index is -0.678. The van der Waals surface area contributed by atoms with Crippen LogP contribution in [0.3, 0.4) is 0 Å². The number of nitrogens with zero attached hydrogens (tertiary/aromatic N) is 5. The molecule has 2 rings (SSSR count). The van der Waals surface area contributed by atoms with Gasteiger partial charge in [0, 0.05) is 10.7 Å². The summed E-state index contributed by atoms with van der Waals surface area (Å²) in [7, 11) is 0. The first-order chi connectivity index (χ1) is 10.5. The van der Waals surface area contributed by atoms with Crippen molar-refractivity contribution in [3.63, 3.8) is 0 Å². The van der Waals surface area contributed by atoms with Crippen molar-refractivity contribution in [3.8, 4) is 0 Å². The van der Waals surface area contributed by atoms with Gasteiger partial charge in [0.05, 0.1) is 12.3 Å². The van der Waals surface area contributed by atoms with Crippen molar-refractivity contribution in [2.45, 2.75) is 20.4 Å². The second kappa shape index (κ2) is 6.57. The van der Waals surface area contributed by atoms with Crippen LogP contribution in [0.25, 0.3) is 0 Å². The first-order valence-corrected chi connectivity index (χ1v) is 6.39. The van der Waals surface area contributed by atoms with Gasteiger partial charge in [0.1, 0.15) is 0 Å². The highest BCUT2D eigenvalue weighted by molar-refractivity contribution is 5.95. The lowest BCUT2D eigenvalue weighted by molar-refractivity contribution is -0.394. The van der Waals surface area contributed by atoms with Gasteiger partial charge in [-0.25, -0.2) is 5.43 Å². The van der Waals surface area contributed by atoms with Gasteiger partial charge in [0.2, 0.25) is 6.33 Å². The number of aromatic nitrogens is 3. The smallest absolute Gasteiger partial charge is 0.390 e. The summed E-state index contributed by atoms with van der Waals surface area (Å²) in [5, 5.41) is 18.1. The predicted octanol–water partition coefficient (Wildman–Crippen LogP) is 1.30. The molecule has 0 bridgehead atoms. The average Bonchev–Trinajstić information content (AvgIpc) is 2.93. The fraction of sp³-hybridized carbons (Fsp3) is 0.231. The number of amides is 1. The third-order valence-corrected chi connectivity index (χ3v) is 2.71. The Morgan fingerprint density at radius 2 is 2.27 bits per heavy atom. The number of hydrazone groups is 1. The standard InChI is InChI=1S/C13H14N6O3/c1-9-4-3-5-11(6-9)12(20)16-15-10(2)7-18-8-14-13(17-18)19(21)22/h3-6,8H,7H2,1-2H3,(H,16,20). The van der Waals surface area contributed by atoms with E-state index in [2.05, 4.69) is 20.6 Å². The van der Waals surface area contributed by atoms with Crippen LogP contribution in [0.15, 0.2) is 35.7 Å². The largest absolute Gasteiger partial charge is 0.490 e. The van der Waals surface area contributed by atoms with Crippen molar-refractivity contribution in [2.24, 2.45) is 5.10 Å². The number of nitrogens with one attached hydrogen (secondary N) is 1. The lowest BCUT2D eigenvalue weighted by atomic mass is 10.1. The molecule has 22 heavy (non-hydrogen) atoms. The number of hydrogen-bond donors (Lipinski definition) is 1. The molecule has 0 fully saturated rings. The SMILES string of the molecule is CC(Cn1cnc([N+](=O)[O-])n1)=NNC(=O)c1cccc(C)c1. The van der Waals surface area contributed by atoms with Gasteiger partial charge in [-0.1, -0.05) is 22.7 Å². The number of rotatable bonds is 5. The van der Waals surface area contributed by atoms with Crippen LogP contribution >= 0.6 is 0 Å². The summed E-state index contributed by atoms with van der Waals surface area (Å²) in [5.74, 6) is -0.802. The number of hydrogen-bond acceptors (Lipinski definition) is 6. The van der Waals surface area contributed by atoms with E-state index in [1.165, 1.54) is 11.0 Å². The van der Waals surface area contributed by atoms with Crippen molar-refractivity contribution in [3.05, 3.63) is 51.8 Å². The zero-order valence-corrected chi connectivity index (χ0v) is 12.1. The van der Waals surface area contributed by atoms with Gasteiger partial charge in [-0.15, -0.1) is 0 Å². The summed E-state index contributed by atoms with van der Waals surface area (Å²) in [6.07, 6.45) is 1.24. The molecule has 1 N–H and O–H groups in total. The molecule has 0 saturated carbocycles. The molecule has 0 aliphatic heterocycles. The fourth-order valence-corrected chi connectivity index (χ4v) is 1.71. The first-order valence-electron chi connectivity index (χ1n) is 6.39. The van der Waals surface area contributed by atoms with E-state index in [9.17, 15) is 14.9 Å². The maximum absolute atomic E-state index is 11.9. The molecule has 9 nitrogen and oxygen atoms in total. The molecule has 2 aromatic rings. The molecule has 1 amide bonds. The maximum atomic E-state index is 11.9. The Balaban J connectivity index is 1.97. The van der Waals surface area contributed by atoms with E-state index < -0.39 is 10.9 Å². The van der Waals surface area contributed by atoms with Crippen molar-refractivity contribution < 1.29 is 9.72 Å². The summed E-state index contributed by atoms with van der Waals surface area (Å²) in [6, 6.07) is 7.12. The minimum absolute atomic E-state index is 0.189. The molecule has 0 atom stereocenters. The van der Waals surface area contributed by atoms with Crippen LogP contribution in [0.4, 0.5) is 5.95 Å². The highest BCUT2D eigenvalue weighted by Gasteiger charge is 2.13. The van der Waals surface area contributed by atoms with E-state index in [0.717, 1.165) is 5.56 Å². The van der Waals surface area contributed by atoms with Crippen LogP contribution in [0.1, 0.15) is 22.8 Å². The second-order valence-electron chi connectivity index (χ2n) is 4.66. The predicted molar refractivity (Wildman–Crippen MR) is 78.4 cm³/mol. The van der Waals surface area contributed by atoms with Crippen LogP contribution < -0.4 is 5.43 Å². The van der Waals surface area contributed by atoms with Crippen LogP contribution in [0.5, 0.6) is 0 Å². The van der Waals surface area contributed by atoms with E-state index in [4.69, 9.17) is 0 Å². The van der Waals surface area contributed by atoms with Gasteiger partial charge in [0.15, 0.2) is 0 Å². The molecular formula is C13H14N6O3. The van der Waals surface area contributed by atoms with Crippen LogP contribution in [0, 0.1) is 17.0 Å². The molecule has 1 aromatic carbocycles. The third-order valence-electron chi connectivity index (χ3n) is 2.71. The summed E-state index contributed by atoms with van der Waals surface area (Å²) >= 11 is 0.